The Hall–Kier alpha value is -3.62. The minimum Gasteiger partial charge on any atom is -0.490 e. The molecule has 2 aromatic heterocycles. The molecule has 0 spiro atoms. The van der Waals surface area contributed by atoms with Gasteiger partial charge in [-0.3, -0.25) is 9.59 Å². The standard InChI is InChI=1S/C22H27N5O4/c1-5-30-18-8-7-15(10-19(18)31-6-2)22(29)24-13-20(28)26-17-9-16-11-25-27(14(3)4)21(16)23-12-17/h7-12,14H,5-6,13H2,1-4H3,(H,24,29)(H,26,28). The second-order valence-corrected chi connectivity index (χ2v) is 7.08. The predicted octanol–water partition coefficient (Wildman–Crippen LogP) is 3.18. The second-order valence-electron chi connectivity index (χ2n) is 7.08. The number of rotatable bonds is 9. The zero-order chi connectivity index (χ0) is 22.4. The van der Waals surface area contributed by atoms with E-state index in [9.17, 15) is 9.59 Å². The van der Waals surface area contributed by atoms with E-state index < -0.39 is 0 Å². The summed E-state index contributed by atoms with van der Waals surface area (Å²) in [6, 6.07) is 6.90. The summed E-state index contributed by atoms with van der Waals surface area (Å²) in [6.07, 6.45) is 3.28. The van der Waals surface area contributed by atoms with Crippen LogP contribution in [0.5, 0.6) is 11.5 Å². The van der Waals surface area contributed by atoms with Gasteiger partial charge in [-0.15, -0.1) is 0 Å². The average molecular weight is 425 g/mol. The van der Waals surface area contributed by atoms with Crippen LogP contribution in [0.1, 0.15) is 44.1 Å². The van der Waals surface area contributed by atoms with Crippen molar-refractivity contribution >= 4 is 28.5 Å². The largest absolute Gasteiger partial charge is 0.490 e. The molecule has 9 nitrogen and oxygen atoms in total. The molecule has 164 valence electrons. The van der Waals surface area contributed by atoms with E-state index in [4.69, 9.17) is 9.47 Å². The number of benzene rings is 1. The molecule has 0 aliphatic rings. The topological polar surface area (TPSA) is 107 Å². The van der Waals surface area contributed by atoms with Crippen LogP contribution in [0.3, 0.4) is 0 Å². The first kappa shape index (κ1) is 22.1. The fraction of sp³-hybridized carbons (Fsp3) is 0.364. The molecule has 0 saturated heterocycles. The Morgan fingerprint density at radius 1 is 1.06 bits per heavy atom. The van der Waals surface area contributed by atoms with Crippen LogP contribution in [0, 0.1) is 0 Å². The third-order valence-electron chi connectivity index (χ3n) is 4.42. The molecule has 0 bridgehead atoms. The van der Waals surface area contributed by atoms with E-state index in [0.29, 0.717) is 36.0 Å². The lowest BCUT2D eigenvalue weighted by Crippen LogP contribution is -2.32. The van der Waals surface area contributed by atoms with Crippen molar-refractivity contribution < 1.29 is 19.1 Å². The Morgan fingerprint density at radius 2 is 1.81 bits per heavy atom. The Morgan fingerprint density at radius 3 is 2.52 bits per heavy atom. The van der Waals surface area contributed by atoms with Crippen molar-refractivity contribution in [3.8, 4) is 11.5 Å². The molecule has 0 fully saturated rings. The maximum atomic E-state index is 12.5. The van der Waals surface area contributed by atoms with Crippen LogP contribution < -0.4 is 20.1 Å². The van der Waals surface area contributed by atoms with E-state index in [0.717, 1.165) is 11.0 Å². The van der Waals surface area contributed by atoms with Gasteiger partial charge in [0, 0.05) is 17.0 Å². The SMILES string of the molecule is CCOc1ccc(C(=O)NCC(=O)Nc2cnc3c(cnn3C(C)C)c2)cc1OCC. The first-order chi connectivity index (χ1) is 14.9. The Balaban J connectivity index is 1.61. The summed E-state index contributed by atoms with van der Waals surface area (Å²) in [5, 5.41) is 10.5. The Kier molecular flexibility index (Phi) is 7.07. The summed E-state index contributed by atoms with van der Waals surface area (Å²) < 4.78 is 12.9. The first-order valence-corrected chi connectivity index (χ1v) is 10.2. The van der Waals surface area contributed by atoms with Gasteiger partial charge < -0.3 is 20.1 Å². The molecule has 9 heteroatoms. The summed E-state index contributed by atoms with van der Waals surface area (Å²) in [5.74, 6) is 0.317. The number of anilines is 1. The number of aromatic nitrogens is 3. The van der Waals surface area contributed by atoms with Crippen LogP contribution in [0.15, 0.2) is 36.7 Å². The fourth-order valence-electron chi connectivity index (χ4n) is 3.05. The average Bonchev–Trinajstić information content (AvgIpc) is 3.17. The number of nitrogens with zero attached hydrogens (tertiary/aromatic N) is 3. The van der Waals surface area contributed by atoms with E-state index in [-0.39, 0.29) is 24.4 Å². The minimum atomic E-state index is -0.383. The van der Waals surface area contributed by atoms with E-state index in [2.05, 4.69) is 20.7 Å². The first-order valence-electron chi connectivity index (χ1n) is 10.2. The van der Waals surface area contributed by atoms with Crippen LogP contribution in [-0.2, 0) is 4.79 Å². The van der Waals surface area contributed by atoms with Crippen molar-refractivity contribution in [2.45, 2.75) is 33.7 Å². The molecular weight excluding hydrogens is 398 g/mol. The smallest absolute Gasteiger partial charge is 0.251 e. The molecule has 2 heterocycles. The zero-order valence-electron chi connectivity index (χ0n) is 18.1. The molecule has 0 aliphatic heterocycles. The Labute approximate surface area is 180 Å². The highest BCUT2D eigenvalue weighted by atomic mass is 16.5. The van der Waals surface area contributed by atoms with Gasteiger partial charge in [-0.1, -0.05) is 0 Å². The summed E-state index contributed by atoms with van der Waals surface area (Å²) in [5.41, 5.74) is 1.67. The van der Waals surface area contributed by atoms with Crippen molar-refractivity contribution in [1.29, 1.82) is 0 Å². The number of ether oxygens (including phenoxy) is 2. The second kappa shape index (κ2) is 9.92. The monoisotopic (exact) mass is 425 g/mol. The van der Waals surface area contributed by atoms with Crippen molar-refractivity contribution in [1.82, 2.24) is 20.1 Å². The van der Waals surface area contributed by atoms with Gasteiger partial charge in [0.25, 0.3) is 5.91 Å². The highest BCUT2D eigenvalue weighted by Crippen LogP contribution is 2.28. The van der Waals surface area contributed by atoms with Crippen LogP contribution in [0.2, 0.25) is 0 Å². The highest BCUT2D eigenvalue weighted by molar-refractivity contribution is 6.00. The molecule has 3 rings (SSSR count). The van der Waals surface area contributed by atoms with Crippen LogP contribution in [0.4, 0.5) is 5.69 Å². The number of amides is 2. The van der Waals surface area contributed by atoms with Crippen LogP contribution >= 0.6 is 0 Å². The summed E-state index contributed by atoms with van der Waals surface area (Å²) in [6.45, 7) is 8.53. The molecule has 0 saturated carbocycles. The molecule has 0 atom stereocenters. The lowest BCUT2D eigenvalue weighted by molar-refractivity contribution is -0.115. The van der Waals surface area contributed by atoms with Gasteiger partial charge in [-0.25, -0.2) is 9.67 Å². The van der Waals surface area contributed by atoms with Crippen LogP contribution in [-0.4, -0.2) is 46.3 Å². The van der Waals surface area contributed by atoms with Gasteiger partial charge in [0.05, 0.1) is 37.8 Å². The van der Waals surface area contributed by atoms with Crippen molar-refractivity contribution in [2.24, 2.45) is 0 Å². The van der Waals surface area contributed by atoms with E-state index in [1.54, 1.807) is 36.7 Å². The van der Waals surface area contributed by atoms with E-state index in [1.807, 2.05) is 32.4 Å². The van der Waals surface area contributed by atoms with Gasteiger partial charge in [0.1, 0.15) is 0 Å². The fourth-order valence-corrected chi connectivity index (χ4v) is 3.05. The van der Waals surface area contributed by atoms with Gasteiger partial charge in [0.2, 0.25) is 5.91 Å². The molecule has 0 aliphatic carbocycles. The molecule has 3 aromatic rings. The van der Waals surface area contributed by atoms with E-state index >= 15 is 0 Å². The van der Waals surface area contributed by atoms with Gasteiger partial charge >= 0.3 is 0 Å². The summed E-state index contributed by atoms with van der Waals surface area (Å²) >= 11 is 0. The molecule has 1 aromatic carbocycles. The third-order valence-corrected chi connectivity index (χ3v) is 4.42. The number of nitrogens with one attached hydrogen (secondary N) is 2. The lowest BCUT2D eigenvalue weighted by Gasteiger charge is -2.12. The van der Waals surface area contributed by atoms with Crippen molar-refractivity contribution in [3.63, 3.8) is 0 Å². The predicted molar refractivity (Wildman–Crippen MR) is 118 cm³/mol. The number of pyridine rings is 1. The number of hydrogen-bond donors (Lipinski definition) is 2. The number of fused-ring (bicyclic) bond motifs is 1. The molecule has 0 unspecified atom stereocenters. The molecule has 31 heavy (non-hydrogen) atoms. The normalized spacial score (nSPS) is 10.9. The number of carbonyl (C=O) groups is 2. The number of hydrogen-bond acceptors (Lipinski definition) is 6. The zero-order valence-corrected chi connectivity index (χ0v) is 18.1. The summed E-state index contributed by atoms with van der Waals surface area (Å²) in [7, 11) is 0. The van der Waals surface area contributed by atoms with Gasteiger partial charge in [-0.2, -0.15) is 5.10 Å². The quantitative estimate of drug-likeness (QED) is 0.545. The number of carbonyl (C=O) groups excluding carboxylic acids is 2. The molecule has 2 amide bonds. The van der Waals surface area contributed by atoms with Crippen LogP contribution in [0.25, 0.3) is 11.0 Å². The molecular formula is C22H27N5O4. The van der Waals surface area contributed by atoms with Crippen molar-refractivity contribution in [3.05, 3.63) is 42.2 Å². The Bertz CT molecular complexity index is 1080. The minimum absolute atomic E-state index is 0.181. The highest BCUT2D eigenvalue weighted by Gasteiger charge is 2.14. The lowest BCUT2D eigenvalue weighted by atomic mass is 10.2. The summed E-state index contributed by atoms with van der Waals surface area (Å²) in [4.78, 5) is 29.1. The van der Waals surface area contributed by atoms with Gasteiger partial charge in [0.15, 0.2) is 17.1 Å². The van der Waals surface area contributed by atoms with E-state index in [1.165, 1.54) is 0 Å². The third kappa shape index (κ3) is 5.30. The maximum absolute atomic E-state index is 12.5. The molecule has 2 N–H and O–H groups in total. The van der Waals surface area contributed by atoms with Crippen molar-refractivity contribution in [2.75, 3.05) is 25.1 Å². The maximum Gasteiger partial charge on any atom is 0.251 e. The molecule has 0 radical (unpaired) electrons. The van der Waals surface area contributed by atoms with Gasteiger partial charge in [-0.05, 0) is 52.0 Å².